The predicted molar refractivity (Wildman–Crippen MR) is 113 cm³/mol. The molecule has 0 N–H and O–H groups in total. The summed E-state index contributed by atoms with van der Waals surface area (Å²) in [5.74, 6) is 2.35. The van der Waals surface area contributed by atoms with E-state index in [1.807, 2.05) is 29.2 Å². The third-order valence-corrected chi connectivity index (χ3v) is 6.69. The van der Waals surface area contributed by atoms with Crippen molar-refractivity contribution < 1.29 is 14.3 Å². The van der Waals surface area contributed by atoms with Gasteiger partial charge in [-0.25, -0.2) is 0 Å². The Morgan fingerprint density at radius 1 is 1.07 bits per heavy atom. The smallest absolute Gasteiger partial charge is 0.254 e. The van der Waals surface area contributed by atoms with Gasteiger partial charge in [0.1, 0.15) is 11.9 Å². The lowest BCUT2D eigenvalue weighted by atomic mass is 9.90. The first-order valence-corrected chi connectivity index (χ1v) is 11.3. The molecular weight excluding hydrogens is 364 g/mol. The largest absolute Gasteiger partial charge is 0.490 e. The van der Waals surface area contributed by atoms with Crippen LogP contribution >= 0.6 is 0 Å². The highest BCUT2D eigenvalue weighted by Gasteiger charge is 2.37. The van der Waals surface area contributed by atoms with Gasteiger partial charge in [0.15, 0.2) is 0 Å². The maximum absolute atomic E-state index is 12.9. The molecule has 4 rings (SSSR count). The van der Waals surface area contributed by atoms with E-state index in [-0.39, 0.29) is 17.9 Å². The Hall–Kier alpha value is -2.04. The van der Waals surface area contributed by atoms with Gasteiger partial charge in [0, 0.05) is 50.5 Å². The molecule has 2 amide bonds. The summed E-state index contributed by atoms with van der Waals surface area (Å²) in [5, 5.41) is 0. The minimum absolute atomic E-state index is 0.137. The van der Waals surface area contributed by atoms with Crippen LogP contribution in [0.1, 0.15) is 69.2 Å². The minimum atomic E-state index is 0.137. The van der Waals surface area contributed by atoms with Crippen LogP contribution in [-0.2, 0) is 4.79 Å². The molecule has 2 atom stereocenters. The van der Waals surface area contributed by atoms with E-state index in [4.69, 9.17) is 4.74 Å². The third-order valence-electron chi connectivity index (χ3n) is 6.69. The molecule has 2 aliphatic heterocycles. The molecule has 1 saturated carbocycles. The van der Waals surface area contributed by atoms with Gasteiger partial charge < -0.3 is 14.5 Å². The number of carbonyl (C=O) groups excluding carboxylic acids is 2. The van der Waals surface area contributed by atoms with E-state index in [1.165, 1.54) is 19.3 Å². The summed E-state index contributed by atoms with van der Waals surface area (Å²) in [5.41, 5.74) is 0.763. The van der Waals surface area contributed by atoms with E-state index >= 15 is 0 Å². The maximum Gasteiger partial charge on any atom is 0.254 e. The summed E-state index contributed by atoms with van der Waals surface area (Å²) in [6, 6.07) is 8.10. The van der Waals surface area contributed by atoms with Crippen molar-refractivity contribution in [3.63, 3.8) is 0 Å². The van der Waals surface area contributed by atoms with Crippen LogP contribution in [0.25, 0.3) is 0 Å². The summed E-state index contributed by atoms with van der Waals surface area (Å²) in [6.07, 6.45) is 7.36. The highest BCUT2D eigenvalue weighted by molar-refractivity contribution is 5.94. The molecule has 2 saturated heterocycles. The van der Waals surface area contributed by atoms with Gasteiger partial charge in [0.2, 0.25) is 5.91 Å². The van der Waals surface area contributed by atoms with E-state index in [2.05, 4.69) is 18.7 Å². The van der Waals surface area contributed by atoms with E-state index < -0.39 is 0 Å². The molecule has 158 valence electrons. The average Bonchev–Trinajstić information content (AvgIpc) is 3.01. The number of rotatable bonds is 5. The minimum Gasteiger partial charge on any atom is -0.490 e. The van der Waals surface area contributed by atoms with E-state index in [1.54, 1.807) is 0 Å². The molecule has 29 heavy (non-hydrogen) atoms. The lowest BCUT2D eigenvalue weighted by molar-refractivity contribution is -0.133. The number of piperidine rings is 1. The first kappa shape index (κ1) is 20.2. The summed E-state index contributed by atoms with van der Waals surface area (Å²) in [6.45, 7) is 6.63. The molecule has 1 aromatic rings. The Morgan fingerprint density at radius 3 is 2.45 bits per heavy atom. The Kier molecular flexibility index (Phi) is 6.12. The molecule has 2 heterocycles. The fourth-order valence-corrected chi connectivity index (χ4v) is 5.12. The zero-order valence-electron chi connectivity index (χ0n) is 17.8. The van der Waals surface area contributed by atoms with E-state index in [0.717, 1.165) is 50.2 Å². The quantitative estimate of drug-likeness (QED) is 0.750. The summed E-state index contributed by atoms with van der Waals surface area (Å²) in [4.78, 5) is 29.2. The van der Waals surface area contributed by atoms with E-state index in [0.29, 0.717) is 24.3 Å². The van der Waals surface area contributed by atoms with Crippen LogP contribution in [0.2, 0.25) is 0 Å². The lowest BCUT2D eigenvalue weighted by Crippen LogP contribution is -2.42. The molecule has 3 fully saturated rings. The van der Waals surface area contributed by atoms with Crippen molar-refractivity contribution in [2.45, 2.75) is 70.9 Å². The van der Waals surface area contributed by atoms with Crippen molar-refractivity contribution in [2.24, 2.45) is 11.8 Å². The normalized spacial score (nSPS) is 24.8. The summed E-state index contributed by atoms with van der Waals surface area (Å²) >= 11 is 0. The first-order valence-electron chi connectivity index (χ1n) is 11.3. The molecule has 1 aliphatic carbocycles. The van der Waals surface area contributed by atoms with Crippen molar-refractivity contribution in [3.8, 4) is 5.75 Å². The van der Waals surface area contributed by atoms with Gasteiger partial charge in [0.05, 0.1) is 0 Å². The van der Waals surface area contributed by atoms with Crippen LogP contribution in [-0.4, -0.2) is 53.4 Å². The maximum atomic E-state index is 12.9. The van der Waals surface area contributed by atoms with Gasteiger partial charge in [-0.15, -0.1) is 0 Å². The second-order valence-corrected chi connectivity index (χ2v) is 9.46. The fraction of sp³-hybridized carbons (Fsp3) is 0.667. The number of fused-ring (bicyclic) bond motifs is 2. The molecule has 2 bridgehead atoms. The van der Waals surface area contributed by atoms with Crippen LogP contribution in [0.15, 0.2) is 24.3 Å². The molecule has 2 unspecified atom stereocenters. The average molecular weight is 399 g/mol. The van der Waals surface area contributed by atoms with Crippen molar-refractivity contribution in [1.82, 2.24) is 9.80 Å². The lowest BCUT2D eigenvalue weighted by Gasteiger charge is -2.32. The Morgan fingerprint density at radius 2 is 1.79 bits per heavy atom. The second kappa shape index (κ2) is 8.76. The van der Waals surface area contributed by atoms with Crippen molar-refractivity contribution in [3.05, 3.63) is 29.8 Å². The first-order chi connectivity index (χ1) is 14.0. The highest BCUT2D eigenvalue weighted by atomic mass is 16.5. The van der Waals surface area contributed by atoms with Crippen LogP contribution in [0.3, 0.4) is 0 Å². The van der Waals surface area contributed by atoms with Crippen LogP contribution < -0.4 is 4.74 Å². The van der Waals surface area contributed by atoms with Crippen molar-refractivity contribution in [2.75, 3.05) is 19.6 Å². The Balaban J connectivity index is 1.28. The zero-order valence-corrected chi connectivity index (χ0v) is 17.8. The number of benzene rings is 1. The molecule has 3 aliphatic rings. The third kappa shape index (κ3) is 4.76. The number of carbonyl (C=O) groups is 2. The van der Waals surface area contributed by atoms with Gasteiger partial charge in [-0.1, -0.05) is 20.3 Å². The molecule has 0 radical (unpaired) electrons. The van der Waals surface area contributed by atoms with Crippen molar-refractivity contribution >= 4 is 11.8 Å². The fourth-order valence-electron chi connectivity index (χ4n) is 5.12. The summed E-state index contributed by atoms with van der Waals surface area (Å²) in [7, 11) is 0. The van der Waals surface area contributed by atoms with Gasteiger partial charge >= 0.3 is 0 Å². The zero-order chi connectivity index (χ0) is 20.4. The predicted octanol–water partition coefficient (Wildman–Crippen LogP) is 4.12. The second-order valence-electron chi connectivity index (χ2n) is 9.46. The van der Waals surface area contributed by atoms with Gasteiger partial charge in [0.25, 0.3) is 5.91 Å². The SMILES string of the molecule is CC(C)CC(=O)N1CCC(Oc2ccc(C(=O)N3CC4CCCC3C4)cc2)CC1. The van der Waals surface area contributed by atoms with Crippen LogP contribution in [0, 0.1) is 11.8 Å². The van der Waals surface area contributed by atoms with E-state index in [9.17, 15) is 9.59 Å². The molecular formula is C24H34N2O3. The van der Waals surface area contributed by atoms with Crippen molar-refractivity contribution in [1.29, 1.82) is 0 Å². The molecule has 5 heteroatoms. The summed E-state index contributed by atoms with van der Waals surface area (Å²) < 4.78 is 6.13. The Labute approximate surface area is 174 Å². The molecule has 0 aromatic heterocycles. The topological polar surface area (TPSA) is 49.9 Å². The van der Waals surface area contributed by atoms with Gasteiger partial charge in [-0.05, 0) is 55.4 Å². The highest BCUT2D eigenvalue weighted by Crippen LogP contribution is 2.36. The van der Waals surface area contributed by atoms with Gasteiger partial charge in [-0.2, -0.15) is 0 Å². The standard InChI is InChI=1S/C24H34N2O3/c1-17(2)14-23(27)25-12-10-22(11-13-25)29-21-8-6-19(7-9-21)24(28)26-16-18-4-3-5-20(26)15-18/h6-9,17-18,20,22H,3-5,10-16H2,1-2H3. The number of amides is 2. The van der Waals surface area contributed by atoms with Crippen LogP contribution in [0.5, 0.6) is 5.75 Å². The molecule has 0 spiro atoms. The molecule has 1 aromatic carbocycles. The Bertz CT molecular complexity index is 722. The molecule has 5 nitrogen and oxygen atoms in total. The number of hydrogen-bond acceptors (Lipinski definition) is 3. The monoisotopic (exact) mass is 398 g/mol. The number of nitrogens with zero attached hydrogens (tertiary/aromatic N) is 2. The number of ether oxygens (including phenoxy) is 1. The number of hydrogen-bond donors (Lipinski definition) is 0. The van der Waals surface area contributed by atoms with Crippen LogP contribution in [0.4, 0.5) is 0 Å². The van der Waals surface area contributed by atoms with Gasteiger partial charge in [-0.3, -0.25) is 9.59 Å². The number of likely N-dealkylation sites (tertiary alicyclic amines) is 2.